The van der Waals surface area contributed by atoms with Gasteiger partial charge in [0.05, 0.1) is 19.4 Å². The summed E-state index contributed by atoms with van der Waals surface area (Å²) in [6, 6.07) is 5.80. The van der Waals surface area contributed by atoms with Crippen LogP contribution in [0.1, 0.15) is 24.5 Å². The lowest BCUT2D eigenvalue weighted by Gasteiger charge is -2.10. The highest BCUT2D eigenvalue weighted by Crippen LogP contribution is 2.20. The quantitative estimate of drug-likeness (QED) is 0.454. The molecule has 0 atom stereocenters. The first-order valence-corrected chi connectivity index (χ1v) is 5.29. The summed E-state index contributed by atoms with van der Waals surface area (Å²) in [5, 5.41) is 3.49. The zero-order chi connectivity index (χ0) is 11.8. The van der Waals surface area contributed by atoms with E-state index in [9.17, 15) is 0 Å². The molecule has 0 radical (unpaired) electrons. The Morgan fingerprint density at radius 3 is 2.88 bits per heavy atom. The maximum absolute atomic E-state index is 5.62. The maximum Gasteiger partial charge on any atom is 0.124 e. The lowest BCUT2D eigenvalue weighted by molar-refractivity contribution is 0.179. The number of methoxy groups -OCH3 is 1. The van der Waals surface area contributed by atoms with Crippen molar-refractivity contribution in [1.82, 2.24) is 0 Å². The van der Waals surface area contributed by atoms with Gasteiger partial charge in [0.1, 0.15) is 5.75 Å². The molecule has 0 aromatic heterocycles. The lowest BCUT2D eigenvalue weighted by atomic mass is 10.1. The van der Waals surface area contributed by atoms with E-state index in [0.29, 0.717) is 13.2 Å². The van der Waals surface area contributed by atoms with E-state index in [-0.39, 0.29) is 0 Å². The molecule has 0 bridgehead atoms. The van der Waals surface area contributed by atoms with Crippen LogP contribution in [-0.2, 0) is 11.3 Å². The fourth-order valence-electron chi connectivity index (χ4n) is 1.39. The summed E-state index contributed by atoms with van der Waals surface area (Å²) in [5.74, 6) is 5.97. The second-order valence-corrected chi connectivity index (χ2v) is 3.43. The van der Waals surface area contributed by atoms with Gasteiger partial charge in [0.25, 0.3) is 0 Å². The van der Waals surface area contributed by atoms with Crippen LogP contribution in [0.5, 0.6) is 5.75 Å². The molecule has 16 heavy (non-hydrogen) atoms. The van der Waals surface area contributed by atoms with Crippen molar-refractivity contribution in [2.45, 2.75) is 20.0 Å². The molecule has 0 spiro atoms. The SMILES string of the molecule is CCCOc1ccc(C=NN)cc1COC. The topological polar surface area (TPSA) is 56.8 Å². The number of hydrogen-bond acceptors (Lipinski definition) is 4. The van der Waals surface area contributed by atoms with Gasteiger partial charge in [0, 0.05) is 12.7 Å². The minimum absolute atomic E-state index is 0.519. The predicted molar refractivity (Wildman–Crippen MR) is 64.7 cm³/mol. The summed E-state index contributed by atoms with van der Waals surface area (Å²) in [6.07, 6.45) is 2.58. The van der Waals surface area contributed by atoms with E-state index >= 15 is 0 Å². The zero-order valence-electron chi connectivity index (χ0n) is 9.77. The monoisotopic (exact) mass is 222 g/mol. The molecule has 0 saturated heterocycles. The molecular weight excluding hydrogens is 204 g/mol. The second kappa shape index (κ2) is 6.85. The van der Waals surface area contributed by atoms with Gasteiger partial charge in [0.2, 0.25) is 0 Å². The first-order valence-electron chi connectivity index (χ1n) is 5.29. The largest absolute Gasteiger partial charge is 0.493 e. The van der Waals surface area contributed by atoms with Gasteiger partial charge in [-0.05, 0) is 30.2 Å². The molecule has 4 nitrogen and oxygen atoms in total. The molecule has 1 aromatic rings. The highest BCUT2D eigenvalue weighted by Gasteiger charge is 2.04. The number of nitrogens with two attached hydrogens (primary N) is 1. The highest BCUT2D eigenvalue weighted by atomic mass is 16.5. The van der Waals surface area contributed by atoms with Crippen LogP contribution in [0.3, 0.4) is 0 Å². The van der Waals surface area contributed by atoms with E-state index in [1.165, 1.54) is 0 Å². The third-order valence-corrected chi connectivity index (χ3v) is 2.07. The molecule has 0 amide bonds. The van der Waals surface area contributed by atoms with Gasteiger partial charge in [-0.3, -0.25) is 0 Å². The summed E-state index contributed by atoms with van der Waals surface area (Å²) < 4.78 is 10.7. The second-order valence-electron chi connectivity index (χ2n) is 3.43. The molecule has 0 fully saturated rings. The van der Waals surface area contributed by atoms with Gasteiger partial charge in [-0.15, -0.1) is 0 Å². The smallest absolute Gasteiger partial charge is 0.124 e. The van der Waals surface area contributed by atoms with Crippen LogP contribution in [0, 0.1) is 0 Å². The van der Waals surface area contributed by atoms with Crippen molar-refractivity contribution in [3.8, 4) is 5.75 Å². The van der Waals surface area contributed by atoms with Crippen molar-refractivity contribution in [2.24, 2.45) is 10.9 Å². The average molecular weight is 222 g/mol. The predicted octanol–water partition coefficient (Wildman–Crippen LogP) is 1.91. The molecule has 1 rings (SSSR count). The van der Waals surface area contributed by atoms with Gasteiger partial charge >= 0.3 is 0 Å². The summed E-state index contributed by atoms with van der Waals surface area (Å²) in [6.45, 7) is 3.30. The van der Waals surface area contributed by atoms with Crippen molar-refractivity contribution in [1.29, 1.82) is 0 Å². The summed E-state index contributed by atoms with van der Waals surface area (Å²) in [4.78, 5) is 0. The van der Waals surface area contributed by atoms with E-state index in [4.69, 9.17) is 15.3 Å². The van der Waals surface area contributed by atoms with E-state index in [2.05, 4.69) is 12.0 Å². The van der Waals surface area contributed by atoms with E-state index in [1.807, 2.05) is 18.2 Å². The van der Waals surface area contributed by atoms with Crippen molar-refractivity contribution in [3.63, 3.8) is 0 Å². The number of nitrogens with zero attached hydrogens (tertiary/aromatic N) is 1. The van der Waals surface area contributed by atoms with Gasteiger partial charge < -0.3 is 15.3 Å². The van der Waals surface area contributed by atoms with Crippen LogP contribution < -0.4 is 10.6 Å². The molecule has 0 aliphatic rings. The Labute approximate surface area is 96.1 Å². The summed E-state index contributed by atoms with van der Waals surface area (Å²) >= 11 is 0. The molecule has 0 unspecified atom stereocenters. The van der Waals surface area contributed by atoms with Crippen LogP contribution in [0.4, 0.5) is 0 Å². The van der Waals surface area contributed by atoms with Crippen LogP contribution in [-0.4, -0.2) is 19.9 Å². The maximum atomic E-state index is 5.62. The third-order valence-electron chi connectivity index (χ3n) is 2.07. The van der Waals surface area contributed by atoms with Crippen LogP contribution in [0.25, 0.3) is 0 Å². The first-order chi connectivity index (χ1) is 7.81. The molecule has 0 heterocycles. The van der Waals surface area contributed by atoms with Crippen LogP contribution in [0.2, 0.25) is 0 Å². The molecule has 88 valence electrons. The Kier molecular flexibility index (Phi) is 5.36. The average Bonchev–Trinajstić information content (AvgIpc) is 2.29. The Balaban J connectivity index is 2.89. The lowest BCUT2D eigenvalue weighted by Crippen LogP contribution is -2.01. The van der Waals surface area contributed by atoms with Crippen molar-refractivity contribution in [3.05, 3.63) is 29.3 Å². The zero-order valence-corrected chi connectivity index (χ0v) is 9.77. The van der Waals surface area contributed by atoms with Crippen molar-refractivity contribution < 1.29 is 9.47 Å². The molecular formula is C12H18N2O2. The minimum Gasteiger partial charge on any atom is -0.493 e. The molecule has 0 aliphatic carbocycles. The first kappa shape index (κ1) is 12.5. The molecule has 4 heteroatoms. The summed E-state index contributed by atoms with van der Waals surface area (Å²) in [5.41, 5.74) is 1.95. The molecule has 0 aliphatic heterocycles. The fraction of sp³-hybridized carbons (Fsp3) is 0.417. The van der Waals surface area contributed by atoms with Crippen LogP contribution in [0.15, 0.2) is 23.3 Å². The van der Waals surface area contributed by atoms with E-state index in [0.717, 1.165) is 23.3 Å². The van der Waals surface area contributed by atoms with Crippen molar-refractivity contribution >= 4 is 6.21 Å². The number of hydrazone groups is 1. The van der Waals surface area contributed by atoms with Crippen LogP contribution >= 0.6 is 0 Å². The Morgan fingerprint density at radius 2 is 2.25 bits per heavy atom. The van der Waals surface area contributed by atoms with Gasteiger partial charge in [-0.1, -0.05) is 6.92 Å². The van der Waals surface area contributed by atoms with Gasteiger partial charge in [-0.25, -0.2) is 0 Å². The minimum atomic E-state index is 0.519. The standard InChI is InChI=1S/C12H18N2O2/c1-3-6-16-12-5-4-10(8-14-13)7-11(12)9-15-2/h4-5,7-8H,3,6,9,13H2,1-2H3. The molecule has 1 aromatic carbocycles. The number of rotatable bonds is 6. The van der Waals surface area contributed by atoms with E-state index < -0.39 is 0 Å². The Hall–Kier alpha value is -1.55. The van der Waals surface area contributed by atoms with Crippen molar-refractivity contribution in [2.75, 3.05) is 13.7 Å². The van der Waals surface area contributed by atoms with Gasteiger partial charge in [-0.2, -0.15) is 5.10 Å². The summed E-state index contributed by atoms with van der Waals surface area (Å²) in [7, 11) is 1.66. The fourth-order valence-corrected chi connectivity index (χ4v) is 1.39. The molecule has 0 saturated carbocycles. The number of benzene rings is 1. The molecule has 2 N–H and O–H groups in total. The number of ether oxygens (including phenoxy) is 2. The Morgan fingerprint density at radius 1 is 1.44 bits per heavy atom. The third kappa shape index (κ3) is 3.55. The normalized spacial score (nSPS) is 10.9. The Bertz CT molecular complexity index is 351. The number of hydrogen-bond donors (Lipinski definition) is 1. The highest BCUT2D eigenvalue weighted by molar-refractivity contribution is 5.80. The van der Waals surface area contributed by atoms with E-state index in [1.54, 1.807) is 13.3 Å². The van der Waals surface area contributed by atoms with Gasteiger partial charge in [0.15, 0.2) is 0 Å².